The predicted molar refractivity (Wildman–Crippen MR) is 113 cm³/mol. The second kappa shape index (κ2) is 6.78. The summed E-state index contributed by atoms with van der Waals surface area (Å²) in [7, 11) is 1.88. The number of likely N-dealkylation sites (tertiary alicyclic amines) is 1. The summed E-state index contributed by atoms with van der Waals surface area (Å²) in [6.45, 7) is 8.50. The molecule has 0 N–H and O–H groups in total. The Hall–Kier alpha value is -1.16. The SMILES string of the molecule is CN=Cc1c(N=CN2CC3(C)CC2CC(C)(C)C3)sc2c1CCCCC2. The van der Waals surface area contributed by atoms with E-state index in [0.29, 0.717) is 16.9 Å². The van der Waals surface area contributed by atoms with Crippen molar-refractivity contribution in [3.63, 3.8) is 0 Å². The molecule has 2 aliphatic carbocycles. The molecule has 1 aromatic rings. The van der Waals surface area contributed by atoms with Crippen LogP contribution in [0.15, 0.2) is 9.98 Å². The van der Waals surface area contributed by atoms with Crippen LogP contribution in [-0.4, -0.2) is 37.1 Å². The van der Waals surface area contributed by atoms with E-state index in [0.717, 1.165) is 6.54 Å². The Morgan fingerprint density at radius 2 is 1.92 bits per heavy atom. The molecule has 1 aliphatic heterocycles. The zero-order valence-corrected chi connectivity index (χ0v) is 17.7. The number of hydrogen-bond donors (Lipinski definition) is 0. The molecular weight excluding hydrogens is 338 g/mol. The third-order valence-electron chi connectivity index (χ3n) is 6.48. The van der Waals surface area contributed by atoms with Gasteiger partial charge in [-0.05, 0) is 61.3 Å². The van der Waals surface area contributed by atoms with Gasteiger partial charge in [-0.2, -0.15) is 0 Å². The lowest BCUT2D eigenvalue weighted by Gasteiger charge is -2.39. The second-order valence-corrected chi connectivity index (χ2v) is 10.9. The molecule has 3 aliphatic rings. The standard InChI is InChI=1S/C22H33N3S/c1-21(2)10-16-11-22(3,13-21)14-25(16)15-24-20-18(12-23-4)17-8-6-5-7-9-19(17)26-20/h12,15-16H,5-11,13-14H2,1-4H3. The molecule has 26 heavy (non-hydrogen) atoms. The Kier molecular flexibility index (Phi) is 4.75. The van der Waals surface area contributed by atoms with Gasteiger partial charge in [0.05, 0.1) is 6.34 Å². The molecule has 4 rings (SSSR count). The van der Waals surface area contributed by atoms with Gasteiger partial charge in [0, 0.05) is 36.3 Å². The van der Waals surface area contributed by atoms with Gasteiger partial charge < -0.3 is 4.90 Å². The van der Waals surface area contributed by atoms with Crippen molar-refractivity contribution in [2.45, 2.75) is 78.2 Å². The molecule has 4 heteroatoms. The van der Waals surface area contributed by atoms with Crippen LogP contribution < -0.4 is 0 Å². The number of thiophene rings is 1. The fourth-order valence-electron chi connectivity index (χ4n) is 5.88. The fraction of sp³-hybridized carbons (Fsp3) is 0.727. The largest absolute Gasteiger partial charge is 0.359 e. The summed E-state index contributed by atoms with van der Waals surface area (Å²) < 4.78 is 0. The van der Waals surface area contributed by atoms with Crippen LogP contribution in [0, 0.1) is 10.8 Å². The van der Waals surface area contributed by atoms with Gasteiger partial charge in [0.2, 0.25) is 0 Å². The molecule has 2 fully saturated rings. The summed E-state index contributed by atoms with van der Waals surface area (Å²) in [5.74, 6) is 0. The van der Waals surface area contributed by atoms with Crippen LogP contribution in [0.3, 0.4) is 0 Å². The average molecular weight is 372 g/mol. The first-order chi connectivity index (χ1) is 12.4. The maximum atomic E-state index is 5.01. The third kappa shape index (κ3) is 3.49. The average Bonchev–Trinajstić information content (AvgIpc) is 2.87. The van der Waals surface area contributed by atoms with E-state index in [-0.39, 0.29) is 0 Å². The summed E-state index contributed by atoms with van der Waals surface area (Å²) >= 11 is 1.91. The van der Waals surface area contributed by atoms with Crippen LogP contribution >= 0.6 is 11.3 Å². The van der Waals surface area contributed by atoms with E-state index in [1.165, 1.54) is 67.5 Å². The van der Waals surface area contributed by atoms with E-state index in [1.54, 1.807) is 4.88 Å². The molecule has 0 aromatic carbocycles. The van der Waals surface area contributed by atoms with Crippen molar-refractivity contribution in [1.82, 2.24) is 4.90 Å². The molecule has 142 valence electrons. The Morgan fingerprint density at radius 1 is 1.12 bits per heavy atom. The van der Waals surface area contributed by atoms with Crippen molar-refractivity contribution in [2.75, 3.05) is 13.6 Å². The summed E-state index contributed by atoms with van der Waals surface area (Å²) in [6, 6.07) is 0.661. The number of fused-ring (bicyclic) bond motifs is 3. The first-order valence-electron chi connectivity index (χ1n) is 10.3. The fourth-order valence-corrected chi connectivity index (χ4v) is 7.08. The monoisotopic (exact) mass is 371 g/mol. The van der Waals surface area contributed by atoms with Crippen molar-refractivity contribution in [2.24, 2.45) is 20.8 Å². The van der Waals surface area contributed by atoms with Crippen LogP contribution in [0.1, 0.15) is 75.3 Å². The molecular formula is C22H33N3S. The smallest absolute Gasteiger partial charge is 0.127 e. The van der Waals surface area contributed by atoms with E-state index >= 15 is 0 Å². The minimum Gasteiger partial charge on any atom is -0.359 e. The van der Waals surface area contributed by atoms with Crippen LogP contribution in [0.2, 0.25) is 0 Å². The maximum Gasteiger partial charge on any atom is 0.127 e. The highest BCUT2D eigenvalue weighted by Gasteiger charge is 2.48. The Balaban J connectivity index is 1.60. The van der Waals surface area contributed by atoms with E-state index in [2.05, 4.69) is 37.0 Å². The van der Waals surface area contributed by atoms with Gasteiger partial charge in [-0.1, -0.05) is 27.2 Å². The topological polar surface area (TPSA) is 28.0 Å². The van der Waals surface area contributed by atoms with Gasteiger partial charge in [-0.15, -0.1) is 11.3 Å². The third-order valence-corrected chi connectivity index (χ3v) is 7.69. The van der Waals surface area contributed by atoms with Crippen molar-refractivity contribution in [1.29, 1.82) is 0 Å². The highest BCUT2D eigenvalue weighted by Crippen LogP contribution is 2.52. The van der Waals surface area contributed by atoms with Gasteiger partial charge in [0.1, 0.15) is 5.00 Å². The maximum absolute atomic E-state index is 5.01. The Morgan fingerprint density at radius 3 is 2.73 bits per heavy atom. The normalized spacial score (nSPS) is 30.9. The van der Waals surface area contributed by atoms with Crippen LogP contribution in [0.5, 0.6) is 0 Å². The van der Waals surface area contributed by atoms with E-state index in [1.807, 2.05) is 24.6 Å². The van der Waals surface area contributed by atoms with Crippen molar-refractivity contribution >= 4 is 28.9 Å². The van der Waals surface area contributed by atoms with Gasteiger partial charge >= 0.3 is 0 Å². The molecule has 2 heterocycles. The molecule has 1 saturated heterocycles. The second-order valence-electron chi connectivity index (χ2n) is 9.80. The summed E-state index contributed by atoms with van der Waals surface area (Å²) in [5.41, 5.74) is 3.73. The highest BCUT2D eigenvalue weighted by atomic mass is 32.1. The number of aryl methyl sites for hydroxylation is 1. The molecule has 2 bridgehead atoms. The molecule has 2 unspecified atom stereocenters. The first kappa shape index (κ1) is 18.2. The summed E-state index contributed by atoms with van der Waals surface area (Å²) in [4.78, 5) is 13.4. The van der Waals surface area contributed by atoms with Crippen molar-refractivity contribution in [3.8, 4) is 0 Å². The molecule has 3 nitrogen and oxygen atoms in total. The molecule has 0 spiro atoms. The lowest BCUT2D eigenvalue weighted by molar-refractivity contribution is 0.133. The van der Waals surface area contributed by atoms with Crippen molar-refractivity contribution < 1.29 is 0 Å². The number of hydrogen-bond acceptors (Lipinski definition) is 3. The Bertz CT molecular complexity index is 730. The lowest BCUT2D eigenvalue weighted by atomic mass is 9.65. The first-order valence-corrected chi connectivity index (χ1v) is 11.1. The Labute approximate surface area is 162 Å². The highest BCUT2D eigenvalue weighted by molar-refractivity contribution is 7.16. The van der Waals surface area contributed by atoms with Gasteiger partial charge in [-0.25, -0.2) is 4.99 Å². The lowest BCUT2D eigenvalue weighted by Crippen LogP contribution is -2.34. The quantitative estimate of drug-likeness (QED) is 0.385. The molecule has 1 aromatic heterocycles. The summed E-state index contributed by atoms with van der Waals surface area (Å²) in [6.07, 6.45) is 14.6. The van der Waals surface area contributed by atoms with Crippen molar-refractivity contribution in [3.05, 3.63) is 16.0 Å². The molecule has 0 radical (unpaired) electrons. The van der Waals surface area contributed by atoms with Gasteiger partial charge in [-0.3, -0.25) is 4.99 Å². The van der Waals surface area contributed by atoms with Crippen LogP contribution in [0.25, 0.3) is 0 Å². The van der Waals surface area contributed by atoms with Crippen LogP contribution in [-0.2, 0) is 12.8 Å². The zero-order chi connectivity index (χ0) is 18.4. The molecule has 2 atom stereocenters. The number of aliphatic imine (C=N–C) groups is 2. The summed E-state index contributed by atoms with van der Waals surface area (Å²) in [5, 5.41) is 1.17. The number of rotatable bonds is 3. The van der Waals surface area contributed by atoms with Crippen LogP contribution in [0.4, 0.5) is 5.00 Å². The molecule has 0 amide bonds. The molecule has 1 saturated carbocycles. The minimum atomic E-state index is 0.457. The predicted octanol–water partition coefficient (Wildman–Crippen LogP) is 5.63. The minimum absolute atomic E-state index is 0.457. The van der Waals surface area contributed by atoms with E-state index in [4.69, 9.17) is 4.99 Å². The number of nitrogens with zero attached hydrogens (tertiary/aromatic N) is 3. The zero-order valence-electron chi connectivity index (χ0n) is 16.8. The van der Waals surface area contributed by atoms with Gasteiger partial charge in [0.25, 0.3) is 0 Å². The van der Waals surface area contributed by atoms with E-state index in [9.17, 15) is 0 Å². The van der Waals surface area contributed by atoms with Gasteiger partial charge in [0.15, 0.2) is 0 Å². The van der Waals surface area contributed by atoms with E-state index < -0.39 is 0 Å².